The lowest BCUT2D eigenvalue weighted by Gasteiger charge is -2.31. The summed E-state index contributed by atoms with van der Waals surface area (Å²) in [5, 5.41) is 5.59. The zero-order valence-corrected chi connectivity index (χ0v) is 12.8. The highest BCUT2D eigenvalue weighted by Gasteiger charge is 2.32. The number of hydrogen-bond donors (Lipinski definition) is 0. The van der Waals surface area contributed by atoms with Crippen LogP contribution in [0, 0.1) is 0 Å². The molecule has 0 aromatic heterocycles. The quantitative estimate of drug-likeness (QED) is 0.781. The molecule has 0 bridgehead atoms. The lowest BCUT2D eigenvalue weighted by Crippen LogP contribution is -2.35. The van der Waals surface area contributed by atoms with Crippen LogP contribution in [0.2, 0.25) is 0 Å². The maximum absolute atomic E-state index is 12.3. The molecule has 2 unspecified atom stereocenters. The maximum Gasteiger partial charge on any atom is 0.432 e. The lowest BCUT2D eigenvalue weighted by molar-refractivity contribution is 0.0865. The van der Waals surface area contributed by atoms with Gasteiger partial charge >= 0.3 is 6.09 Å². The van der Waals surface area contributed by atoms with Gasteiger partial charge in [-0.2, -0.15) is 10.1 Å². The summed E-state index contributed by atoms with van der Waals surface area (Å²) in [6.45, 7) is 1.60. The Morgan fingerprint density at radius 2 is 1.86 bits per heavy atom. The predicted octanol–water partition coefficient (Wildman–Crippen LogP) is 4.15. The van der Waals surface area contributed by atoms with Gasteiger partial charge in [0, 0.05) is 5.56 Å². The van der Waals surface area contributed by atoms with Crippen LogP contribution in [-0.4, -0.2) is 22.9 Å². The van der Waals surface area contributed by atoms with Gasteiger partial charge in [0.15, 0.2) is 5.56 Å². The predicted molar refractivity (Wildman–Crippen MR) is 86.0 cm³/mol. The SMILES string of the molecule is CC(Cl)OC(=O)N1N=Cc2ccccc2C1c1ccccc1. The number of carbonyl (C=O) groups is 1. The standard InChI is InChI=1S/C17H15ClN2O2/c1-12(18)22-17(21)20-16(13-7-3-2-4-8-13)15-10-6-5-9-14(15)11-19-20/h2-12,16H,1H3. The van der Waals surface area contributed by atoms with Crippen LogP contribution in [-0.2, 0) is 4.74 Å². The number of amides is 1. The number of rotatable bonds is 2. The lowest BCUT2D eigenvalue weighted by atomic mass is 9.93. The van der Waals surface area contributed by atoms with Gasteiger partial charge in [-0.05, 0) is 18.1 Å². The second-order valence-corrected chi connectivity index (χ2v) is 5.57. The molecule has 0 saturated heterocycles. The fraction of sp³-hybridized carbons (Fsp3) is 0.176. The van der Waals surface area contributed by atoms with Gasteiger partial charge in [0.2, 0.25) is 0 Å². The molecule has 112 valence electrons. The summed E-state index contributed by atoms with van der Waals surface area (Å²) in [7, 11) is 0. The second-order valence-electron chi connectivity index (χ2n) is 4.96. The van der Waals surface area contributed by atoms with Gasteiger partial charge in [-0.15, -0.1) is 0 Å². The van der Waals surface area contributed by atoms with E-state index >= 15 is 0 Å². The van der Waals surface area contributed by atoms with Gasteiger partial charge in [-0.3, -0.25) is 0 Å². The Balaban J connectivity index is 2.05. The molecule has 0 fully saturated rings. The highest BCUT2D eigenvalue weighted by atomic mass is 35.5. The molecule has 1 heterocycles. The van der Waals surface area contributed by atoms with E-state index in [1.807, 2.05) is 54.6 Å². The van der Waals surface area contributed by atoms with Crippen molar-refractivity contribution >= 4 is 23.9 Å². The largest absolute Gasteiger partial charge is 0.432 e. The number of nitrogens with zero attached hydrogens (tertiary/aromatic N) is 2. The first-order chi connectivity index (χ1) is 10.7. The van der Waals surface area contributed by atoms with Crippen molar-refractivity contribution in [1.82, 2.24) is 5.01 Å². The van der Waals surface area contributed by atoms with Crippen molar-refractivity contribution in [1.29, 1.82) is 0 Å². The third-order valence-corrected chi connectivity index (χ3v) is 3.51. The average molecular weight is 315 g/mol. The summed E-state index contributed by atoms with van der Waals surface area (Å²) < 4.78 is 5.10. The van der Waals surface area contributed by atoms with Crippen molar-refractivity contribution in [3.8, 4) is 0 Å². The minimum atomic E-state index is -0.712. The fourth-order valence-corrected chi connectivity index (χ4v) is 2.58. The van der Waals surface area contributed by atoms with Crippen LogP contribution in [0.4, 0.5) is 4.79 Å². The fourth-order valence-electron chi connectivity index (χ4n) is 2.50. The van der Waals surface area contributed by atoms with Gasteiger partial charge in [0.25, 0.3) is 0 Å². The Morgan fingerprint density at radius 1 is 1.18 bits per heavy atom. The van der Waals surface area contributed by atoms with Crippen molar-refractivity contribution in [2.75, 3.05) is 0 Å². The van der Waals surface area contributed by atoms with E-state index in [4.69, 9.17) is 16.3 Å². The average Bonchev–Trinajstić information content (AvgIpc) is 2.54. The molecule has 2 atom stereocenters. The smallest absolute Gasteiger partial charge is 0.429 e. The van der Waals surface area contributed by atoms with Crippen molar-refractivity contribution < 1.29 is 9.53 Å². The van der Waals surface area contributed by atoms with Crippen molar-refractivity contribution in [3.05, 3.63) is 71.3 Å². The highest BCUT2D eigenvalue weighted by molar-refractivity contribution is 6.19. The molecule has 22 heavy (non-hydrogen) atoms. The molecule has 0 aliphatic carbocycles. The first-order valence-electron chi connectivity index (χ1n) is 6.98. The number of hydrazone groups is 1. The third-order valence-electron chi connectivity index (χ3n) is 3.42. The Labute approximate surface area is 134 Å². The Kier molecular flexibility index (Phi) is 4.11. The van der Waals surface area contributed by atoms with E-state index in [0.29, 0.717) is 0 Å². The molecule has 3 rings (SSSR count). The number of benzene rings is 2. The molecule has 5 heteroatoms. The summed E-state index contributed by atoms with van der Waals surface area (Å²) >= 11 is 5.76. The second kappa shape index (κ2) is 6.20. The normalized spacial score (nSPS) is 17.7. The number of ether oxygens (including phenoxy) is 1. The molecule has 1 amide bonds. The summed E-state index contributed by atoms with van der Waals surface area (Å²) in [5.41, 5.74) is 2.24. The first-order valence-corrected chi connectivity index (χ1v) is 7.42. The van der Waals surface area contributed by atoms with Crippen LogP contribution < -0.4 is 0 Å². The van der Waals surface area contributed by atoms with E-state index in [9.17, 15) is 4.79 Å². The molecule has 2 aromatic rings. The molecule has 0 saturated carbocycles. The number of hydrogen-bond acceptors (Lipinski definition) is 3. The molecular weight excluding hydrogens is 300 g/mol. The van der Waals surface area contributed by atoms with Crippen LogP contribution in [0.1, 0.15) is 29.7 Å². The minimum Gasteiger partial charge on any atom is -0.429 e. The molecule has 2 aromatic carbocycles. The molecule has 1 aliphatic heterocycles. The van der Waals surface area contributed by atoms with Crippen molar-refractivity contribution in [3.63, 3.8) is 0 Å². The van der Waals surface area contributed by atoms with Crippen LogP contribution in [0.25, 0.3) is 0 Å². The Bertz CT molecular complexity index is 701. The van der Waals surface area contributed by atoms with E-state index < -0.39 is 11.7 Å². The topological polar surface area (TPSA) is 41.9 Å². The summed E-state index contributed by atoms with van der Waals surface area (Å²) in [6.07, 6.45) is 1.09. The van der Waals surface area contributed by atoms with Crippen LogP contribution in [0.3, 0.4) is 0 Å². The number of fused-ring (bicyclic) bond motifs is 1. The Morgan fingerprint density at radius 3 is 2.59 bits per heavy atom. The summed E-state index contributed by atoms with van der Waals surface area (Å²) in [5.74, 6) is 0. The molecule has 0 radical (unpaired) electrons. The van der Waals surface area contributed by atoms with Crippen molar-refractivity contribution in [2.24, 2.45) is 5.10 Å². The maximum atomic E-state index is 12.3. The number of alkyl halides is 1. The van der Waals surface area contributed by atoms with E-state index in [-0.39, 0.29) is 6.04 Å². The van der Waals surface area contributed by atoms with Gasteiger partial charge in [0.1, 0.15) is 6.04 Å². The molecule has 0 spiro atoms. The Hall–Kier alpha value is -2.33. The van der Waals surface area contributed by atoms with Crippen LogP contribution >= 0.6 is 11.6 Å². The van der Waals surface area contributed by atoms with E-state index in [1.54, 1.807) is 13.1 Å². The molecule has 1 aliphatic rings. The van der Waals surface area contributed by atoms with E-state index in [2.05, 4.69) is 5.10 Å². The van der Waals surface area contributed by atoms with Gasteiger partial charge in [-0.1, -0.05) is 66.2 Å². The molecule has 0 N–H and O–H groups in total. The number of halogens is 1. The minimum absolute atomic E-state index is 0.328. The van der Waals surface area contributed by atoms with Crippen LogP contribution in [0.5, 0.6) is 0 Å². The zero-order valence-electron chi connectivity index (χ0n) is 12.0. The zero-order chi connectivity index (χ0) is 15.5. The van der Waals surface area contributed by atoms with Gasteiger partial charge in [-0.25, -0.2) is 4.79 Å². The van der Waals surface area contributed by atoms with Crippen LogP contribution in [0.15, 0.2) is 59.7 Å². The van der Waals surface area contributed by atoms with Crippen molar-refractivity contribution in [2.45, 2.75) is 18.5 Å². The molecule has 4 nitrogen and oxygen atoms in total. The number of carbonyl (C=O) groups excluding carboxylic acids is 1. The van der Waals surface area contributed by atoms with Gasteiger partial charge in [0.05, 0.1) is 6.21 Å². The summed E-state index contributed by atoms with van der Waals surface area (Å²) in [4.78, 5) is 12.3. The third kappa shape index (κ3) is 2.83. The molecular formula is C17H15ClN2O2. The van der Waals surface area contributed by atoms with Gasteiger partial charge < -0.3 is 4.74 Å². The highest BCUT2D eigenvalue weighted by Crippen LogP contribution is 2.34. The van der Waals surface area contributed by atoms with E-state index in [1.165, 1.54) is 5.01 Å². The monoisotopic (exact) mass is 314 g/mol. The summed E-state index contributed by atoms with van der Waals surface area (Å²) in [6, 6.07) is 17.3. The van der Waals surface area contributed by atoms with E-state index in [0.717, 1.165) is 16.7 Å². The first kappa shape index (κ1) is 14.6.